The molecule has 204 valence electrons. The van der Waals surface area contributed by atoms with Gasteiger partial charge in [-0.05, 0) is 66.3 Å². The number of phenolic OH excluding ortho intramolecular Hbond substituents is 1. The van der Waals surface area contributed by atoms with Crippen molar-refractivity contribution >= 4 is 35.0 Å². The minimum Gasteiger partial charge on any atom is -0.508 e. The third-order valence-electron chi connectivity index (χ3n) is 7.61. The number of nitrogens with one attached hydrogen (secondary N) is 1. The second kappa shape index (κ2) is 12.0. The fourth-order valence-electron chi connectivity index (χ4n) is 5.69. The molecule has 0 aromatic heterocycles. The Morgan fingerprint density at radius 2 is 1.77 bits per heavy atom. The van der Waals surface area contributed by atoms with Crippen molar-refractivity contribution in [3.8, 4) is 5.75 Å². The number of hydrogen-bond acceptors (Lipinski definition) is 5. The molecular formula is C30H31Cl2N3O4. The van der Waals surface area contributed by atoms with Crippen LogP contribution in [-0.2, 0) is 11.2 Å². The highest BCUT2D eigenvalue weighted by atomic mass is 35.5. The van der Waals surface area contributed by atoms with Gasteiger partial charge >= 0.3 is 0 Å². The maximum Gasteiger partial charge on any atom is 0.269 e. The lowest BCUT2D eigenvalue weighted by Crippen LogP contribution is -2.59. The molecule has 5 rings (SSSR count). The number of hydrazine groups is 1. The van der Waals surface area contributed by atoms with Crippen LogP contribution < -0.4 is 5.32 Å². The van der Waals surface area contributed by atoms with Crippen LogP contribution in [0.15, 0.2) is 66.7 Å². The first-order chi connectivity index (χ1) is 18.9. The number of nitrogens with zero attached hydrogens (tertiary/aromatic N) is 2. The fraction of sp³-hybridized carbons (Fsp3) is 0.333. The molecule has 2 aliphatic heterocycles. The third kappa shape index (κ3) is 5.63. The monoisotopic (exact) mass is 567 g/mol. The SMILES string of the molecule is O=C(NCCc1ccc(O)cc1)C1c2ccccc2C(=O)N(N2CCCCC2CO)C1c1ccc(Cl)cc1Cl. The van der Waals surface area contributed by atoms with E-state index in [9.17, 15) is 19.8 Å². The fourth-order valence-corrected chi connectivity index (χ4v) is 6.22. The van der Waals surface area contributed by atoms with Gasteiger partial charge in [-0.1, -0.05) is 66.0 Å². The van der Waals surface area contributed by atoms with Crippen molar-refractivity contribution < 1.29 is 19.8 Å². The Kier molecular flexibility index (Phi) is 8.43. The maximum atomic E-state index is 14.1. The molecule has 39 heavy (non-hydrogen) atoms. The van der Waals surface area contributed by atoms with Crippen LogP contribution >= 0.6 is 23.2 Å². The zero-order chi connectivity index (χ0) is 27.5. The first kappa shape index (κ1) is 27.5. The van der Waals surface area contributed by atoms with E-state index >= 15 is 0 Å². The second-order valence-corrected chi connectivity index (χ2v) is 10.9. The van der Waals surface area contributed by atoms with Crippen LogP contribution in [0.3, 0.4) is 0 Å². The van der Waals surface area contributed by atoms with E-state index in [0.717, 1.165) is 24.8 Å². The topological polar surface area (TPSA) is 93.1 Å². The van der Waals surface area contributed by atoms with E-state index in [4.69, 9.17) is 23.2 Å². The Labute approximate surface area is 237 Å². The molecule has 2 heterocycles. The number of fused-ring (bicyclic) bond motifs is 1. The first-order valence-electron chi connectivity index (χ1n) is 13.2. The molecule has 7 nitrogen and oxygen atoms in total. The summed E-state index contributed by atoms with van der Waals surface area (Å²) in [5, 5.41) is 27.3. The van der Waals surface area contributed by atoms with E-state index < -0.39 is 12.0 Å². The Bertz CT molecular complexity index is 1350. The molecule has 3 unspecified atom stereocenters. The Balaban J connectivity index is 1.56. The molecule has 0 spiro atoms. The summed E-state index contributed by atoms with van der Waals surface area (Å²) in [4.78, 5) is 28.1. The van der Waals surface area contributed by atoms with Crippen LogP contribution in [0.2, 0.25) is 10.0 Å². The molecular weight excluding hydrogens is 537 g/mol. The highest BCUT2D eigenvalue weighted by Crippen LogP contribution is 2.46. The minimum atomic E-state index is -0.751. The summed E-state index contributed by atoms with van der Waals surface area (Å²) in [7, 11) is 0. The standard InChI is InChI=1S/C30H31Cl2N3O4/c31-20-10-13-25(26(32)17-20)28-27(29(38)33-15-14-19-8-11-22(37)12-9-19)23-6-1-2-7-24(23)30(39)35(28)34-16-4-3-5-21(34)18-36/h1-2,6-13,17,21,27-28,36-37H,3-5,14-16,18H2,(H,33,38). The van der Waals surface area contributed by atoms with Crippen LogP contribution in [-0.4, -0.2) is 57.8 Å². The number of benzene rings is 3. The number of piperidine rings is 1. The molecule has 3 aromatic carbocycles. The Morgan fingerprint density at radius 1 is 1.00 bits per heavy atom. The van der Waals surface area contributed by atoms with E-state index in [1.165, 1.54) is 0 Å². The van der Waals surface area contributed by atoms with Crippen LogP contribution in [0.1, 0.15) is 58.3 Å². The van der Waals surface area contributed by atoms with E-state index in [1.54, 1.807) is 47.5 Å². The number of rotatable bonds is 7. The van der Waals surface area contributed by atoms with Crippen LogP contribution in [0, 0.1) is 0 Å². The van der Waals surface area contributed by atoms with E-state index in [0.29, 0.717) is 46.2 Å². The summed E-state index contributed by atoms with van der Waals surface area (Å²) >= 11 is 13.0. The largest absolute Gasteiger partial charge is 0.508 e. The summed E-state index contributed by atoms with van der Waals surface area (Å²) in [5.74, 6) is -1.02. The third-order valence-corrected chi connectivity index (χ3v) is 8.17. The maximum absolute atomic E-state index is 14.1. The first-order valence-corrected chi connectivity index (χ1v) is 13.9. The summed E-state index contributed by atoms with van der Waals surface area (Å²) in [6, 6.07) is 18.2. The zero-order valence-electron chi connectivity index (χ0n) is 21.4. The second-order valence-electron chi connectivity index (χ2n) is 10.0. The quantitative estimate of drug-likeness (QED) is 0.369. The number of carbonyl (C=O) groups is 2. The van der Waals surface area contributed by atoms with Crippen molar-refractivity contribution in [2.45, 2.75) is 43.7 Å². The molecule has 0 radical (unpaired) electrons. The predicted molar refractivity (Wildman–Crippen MR) is 151 cm³/mol. The number of aliphatic hydroxyl groups is 1. The zero-order valence-corrected chi connectivity index (χ0v) is 22.9. The summed E-state index contributed by atoms with van der Waals surface area (Å²) < 4.78 is 0. The summed E-state index contributed by atoms with van der Waals surface area (Å²) in [6.45, 7) is 0.853. The van der Waals surface area contributed by atoms with Gasteiger partial charge in [0.05, 0.1) is 24.6 Å². The molecule has 3 aromatic rings. The van der Waals surface area contributed by atoms with Crippen LogP contribution in [0.5, 0.6) is 5.75 Å². The van der Waals surface area contributed by atoms with Crippen molar-refractivity contribution in [3.05, 3.63) is 99.0 Å². The van der Waals surface area contributed by atoms with Crippen molar-refractivity contribution in [2.75, 3.05) is 19.7 Å². The van der Waals surface area contributed by atoms with Gasteiger partial charge in [0.25, 0.3) is 5.91 Å². The number of halogens is 2. The van der Waals surface area contributed by atoms with Gasteiger partial charge in [0.15, 0.2) is 0 Å². The molecule has 0 bridgehead atoms. The average molecular weight is 569 g/mol. The summed E-state index contributed by atoms with van der Waals surface area (Å²) in [5.41, 5.74) is 2.68. The van der Waals surface area contributed by atoms with E-state index in [2.05, 4.69) is 5.32 Å². The minimum absolute atomic E-state index is 0.101. The van der Waals surface area contributed by atoms with Gasteiger partial charge in [-0.25, -0.2) is 5.01 Å². The molecule has 3 N–H and O–H groups in total. The molecule has 2 aliphatic rings. The molecule has 3 atom stereocenters. The van der Waals surface area contributed by atoms with Crippen molar-refractivity contribution in [2.24, 2.45) is 0 Å². The van der Waals surface area contributed by atoms with Crippen LogP contribution in [0.4, 0.5) is 0 Å². The highest BCUT2D eigenvalue weighted by Gasteiger charge is 2.48. The van der Waals surface area contributed by atoms with E-state index in [1.807, 2.05) is 29.3 Å². The molecule has 2 amide bonds. The molecule has 1 fully saturated rings. The van der Waals surface area contributed by atoms with Gasteiger partial charge in [-0.15, -0.1) is 0 Å². The van der Waals surface area contributed by atoms with Gasteiger partial charge in [0.2, 0.25) is 5.91 Å². The number of amides is 2. The normalized spacial score (nSPS) is 21.5. The predicted octanol–water partition coefficient (Wildman–Crippen LogP) is 5.10. The number of hydrogen-bond donors (Lipinski definition) is 3. The molecule has 1 saturated heterocycles. The highest BCUT2D eigenvalue weighted by molar-refractivity contribution is 6.35. The number of carbonyl (C=O) groups excluding carboxylic acids is 2. The molecule has 0 saturated carbocycles. The summed E-state index contributed by atoms with van der Waals surface area (Å²) in [6.07, 6.45) is 3.14. The average Bonchev–Trinajstić information content (AvgIpc) is 2.94. The van der Waals surface area contributed by atoms with Gasteiger partial charge < -0.3 is 15.5 Å². The van der Waals surface area contributed by atoms with E-state index in [-0.39, 0.29) is 30.2 Å². The van der Waals surface area contributed by atoms with Gasteiger partial charge in [0, 0.05) is 28.7 Å². The lowest BCUT2D eigenvalue weighted by Gasteiger charge is -2.50. The van der Waals surface area contributed by atoms with Crippen LogP contribution in [0.25, 0.3) is 0 Å². The van der Waals surface area contributed by atoms with Gasteiger partial charge in [-0.3, -0.25) is 14.6 Å². The molecule has 0 aliphatic carbocycles. The van der Waals surface area contributed by atoms with Gasteiger partial charge in [-0.2, -0.15) is 0 Å². The van der Waals surface area contributed by atoms with Gasteiger partial charge in [0.1, 0.15) is 5.75 Å². The Morgan fingerprint density at radius 3 is 2.51 bits per heavy atom. The van der Waals surface area contributed by atoms with Crippen molar-refractivity contribution in [1.29, 1.82) is 0 Å². The lowest BCUT2D eigenvalue weighted by molar-refractivity contribution is -0.131. The smallest absolute Gasteiger partial charge is 0.269 e. The Hall–Kier alpha value is -3.10. The van der Waals surface area contributed by atoms with Crippen molar-refractivity contribution in [1.82, 2.24) is 15.3 Å². The molecule has 9 heteroatoms. The number of aromatic hydroxyl groups is 1. The number of phenols is 1. The number of aliphatic hydroxyl groups excluding tert-OH is 1. The lowest BCUT2D eigenvalue weighted by atomic mass is 9.79. The van der Waals surface area contributed by atoms with Crippen molar-refractivity contribution in [3.63, 3.8) is 0 Å².